The van der Waals surface area contributed by atoms with Gasteiger partial charge in [-0.15, -0.1) is 0 Å². The summed E-state index contributed by atoms with van der Waals surface area (Å²) in [6.07, 6.45) is 11.0. The molecular formula is C20H32N6O. The minimum atomic E-state index is 0.134. The molecule has 4 aliphatic carbocycles. The first-order valence-electron chi connectivity index (χ1n) is 10.8. The highest BCUT2D eigenvalue weighted by atomic mass is 16.2. The van der Waals surface area contributed by atoms with Gasteiger partial charge >= 0.3 is 6.03 Å². The van der Waals surface area contributed by atoms with Crippen molar-refractivity contribution in [3.05, 3.63) is 6.33 Å². The summed E-state index contributed by atoms with van der Waals surface area (Å²) in [5, 5.41) is 10.3. The summed E-state index contributed by atoms with van der Waals surface area (Å²) in [6.45, 7) is 5.34. The van der Waals surface area contributed by atoms with Crippen molar-refractivity contribution in [2.45, 2.75) is 57.9 Å². The van der Waals surface area contributed by atoms with Gasteiger partial charge in [0.25, 0.3) is 0 Å². The molecule has 2 heterocycles. The van der Waals surface area contributed by atoms with Crippen LogP contribution in [0.5, 0.6) is 0 Å². The third-order valence-corrected chi connectivity index (χ3v) is 7.80. The first-order valence-corrected chi connectivity index (χ1v) is 10.8. The molecule has 148 valence electrons. The maximum absolute atomic E-state index is 13.0. The number of carbonyl (C=O) groups excluding carboxylic acids is 1. The van der Waals surface area contributed by atoms with E-state index in [1.807, 2.05) is 4.90 Å². The lowest BCUT2D eigenvalue weighted by Gasteiger charge is -2.59. The van der Waals surface area contributed by atoms with Crippen LogP contribution in [0.2, 0.25) is 0 Å². The van der Waals surface area contributed by atoms with Crippen molar-refractivity contribution in [2.24, 2.45) is 23.2 Å². The van der Waals surface area contributed by atoms with Gasteiger partial charge in [-0.25, -0.2) is 9.89 Å². The zero-order valence-corrected chi connectivity index (χ0v) is 16.4. The Morgan fingerprint density at radius 3 is 2.33 bits per heavy atom. The Labute approximate surface area is 161 Å². The van der Waals surface area contributed by atoms with Crippen LogP contribution in [0, 0.1) is 23.2 Å². The molecule has 5 fully saturated rings. The number of aromatic nitrogens is 3. The first-order chi connectivity index (χ1) is 13.1. The van der Waals surface area contributed by atoms with E-state index in [-0.39, 0.29) is 6.03 Å². The van der Waals surface area contributed by atoms with Crippen molar-refractivity contribution in [3.63, 3.8) is 0 Å². The molecule has 5 aliphatic rings. The second-order valence-electron chi connectivity index (χ2n) is 9.47. The molecule has 0 spiro atoms. The van der Waals surface area contributed by atoms with Crippen molar-refractivity contribution in [2.75, 3.05) is 31.1 Å². The van der Waals surface area contributed by atoms with Gasteiger partial charge < -0.3 is 15.1 Å². The third kappa shape index (κ3) is 3.09. The molecule has 1 aliphatic heterocycles. The maximum Gasteiger partial charge on any atom is 0.317 e. The molecule has 1 atom stereocenters. The van der Waals surface area contributed by atoms with Gasteiger partial charge in [-0.1, -0.05) is 6.92 Å². The minimum Gasteiger partial charge on any atom is -0.338 e. The average Bonchev–Trinajstić information content (AvgIpc) is 3.19. The minimum absolute atomic E-state index is 0.134. The first kappa shape index (κ1) is 17.3. The quantitative estimate of drug-likeness (QED) is 0.852. The van der Waals surface area contributed by atoms with Gasteiger partial charge in [0.05, 0.1) is 0 Å². The lowest BCUT2D eigenvalue weighted by Crippen LogP contribution is -2.60. The number of aromatic amines is 1. The Hall–Kier alpha value is -1.79. The van der Waals surface area contributed by atoms with Crippen LogP contribution in [-0.2, 0) is 0 Å². The van der Waals surface area contributed by atoms with Crippen LogP contribution in [-0.4, -0.2) is 58.3 Å². The number of amides is 2. The molecule has 0 aromatic carbocycles. The van der Waals surface area contributed by atoms with Gasteiger partial charge in [0, 0.05) is 32.2 Å². The number of rotatable bonds is 4. The molecule has 1 aromatic heterocycles. The summed E-state index contributed by atoms with van der Waals surface area (Å²) >= 11 is 0. The monoisotopic (exact) mass is 372 g/mol. The number of piperazine rings is 1. The molecule has 1 aromatic rings. The van der Waals surface area contributed by atoms with Crippen LogP contribution in [0.15, 0.2) is 6.33 Å². The average molecular weight is 373 g/mol. The Kier molecular flexibility index (Phi) is 4.28. The van der Waals surface area contributed by atoms with Crippen molar-refractivity contribution < 1.29 is 4.79 Å². The predicted molar refractivity (Wildman–Crippen MR) is 103 cm³/mol. The number of hydrogen-bond donors (Lipinski definition) is 2. The fraction of sp³-hybridized carbons (Fsp3) is 0.850. The van der Waals surface area contributed by atoms with Gasteiger partial charge in [-0.2, -0.15) is 10.1 Å². The standard InChI is InChI=1S/C20H32N6O/c1-2-17(20-10-14-7-15(11-20)9-16(8-14)12-20)23-19(27)26-5-3-25(4-6-26)18-21-13-22-24-18/h13-17H,2-12H2,1H3,(H,23,27)(H,21,22,24)/t14?,15?,16?,17-,20?/m1/s1. The van der Waals surface area contributed by atoms with E-state index in [2.05, 4.69) is 32.3 Å². The van der Waals surface area contributed by atoms with Gasteiger partial charge in [-0.3, -0.25) is 0 Å². The maximum atomic E-state index is 13.0. The smallest absolute Gasteiger partial charge is 0.317 e. The Morgan fingerprint density at radius 1 is 1.19 bits per heavy atom. The molecule has 27 heavy (non-hydrogen) atoms. The number of carbonyl (C=O) groups is 1. The van der Waals surface area contributed by atoms with Crippen LogP contribution >= 0.6 is 0 Å². The molecule has 7 heteroatoms. The fourth-order valence-electron chi connectivity index (χ4n) is 7.01. The summed E-state index contributed by atoms with van der Waals surface area (Å²) < 4.78 is 0. The topological polar surface area (TPSA) is 77.2 Å². The van der Waals surface area contributed by atoms with Crippen molar-refractivity contribution >= 4 is 12.0 Å². The molecule has 0 unspecified atom stereocenters. The lowest BCUT2D eigenvalue weighted by atomic mass is 9.47. The molecule has 0 radical (unpaired) electrons. The highest BCUT2D eigenvalue weighted by Gasteiger charge is 2.54. The zero-order valence-electron chi connectivity index (χ0n) is 16.4. The molecule has 7 nitrogen and oxygen atoms in total. The van der Waals surface area contributed by atoms with E-state index in [9.17, 15) is 4.79 Å². The normalized spacial score (nSPS) is 36.1. The van der Waals surface area contributed by atoms with Crippen molar-refractivity contribution in [1.82, 2.24) is 25.4 Å². The Balaban J connectivity index is 1.21. The van der Waals surface area contributed by atoms with E-state index in [1.165, 1.54) is 44.9 Å². The SMILES string of the molecule is CC[C@@H](NC(=O)N1CCN(c2ncn[nH]2)CC1)C12CC3CC(CC(C3)C1)C2. The largest absolute Gasteiger partial charge is 0.338 e. The van der Waals surface area contributed by atoms with Crippen LogP contribution in [0.3, 0.4) is 0 Å². The number of nitrogens with zero attached hydrogens (tertiary/aromatic N) is 4. The molecule has 4 saturated carbocycles. The van der Waals surface area contributed by atoms with Crippen LogP contribution in [0.1, 0.15) is 51.9 Å². The van der Waals surface area contributed by atoms with E-state index in [1.54, 1.807) is 0 Å². The molecule has 1 saturated heterocycles. The molecule has 4 bridgehead atoms. The van der Waals surface area contributed by atoms with E-state index in [0.717, 1.165) is 56.3 Å². The van der Waals surface area contributed by atoms with Gasteiger partial charge in [0.15, 0.2) is 0 Å². The van der Waals surface area contributed by atoms with Crippen molar-refractivity contribution in [1.29, 1.82) is 0 Å². The number of anilines is 1. The second-order valence-corrected chi connectivity index (χ2v) is 9.47. The lowest BCUT2D eigenvalue weighted by molar-refractivity contribution is -0.0727. The van der Waals surface area contributed by atoms with Crippen LogP contribution in [0.25, 0.3) is 0 Å². The zero-order chi connectivity index (χ0) is 18.4. The summed E-state index contributed by atoms with van der Waals surface area (Å²) in [5.41, 5.74) is 0.376. The van der Waals surface area contributed by atoms with Gasteiger partial charge in [0.1, 0.15) is 6.33 Å². The summed E-state index contributed by atoms with van der Waals surface area (Å²) in [4.78, 5) is 21.4. The van der Waals surface area contributed by atoms with Crippen molar-refractivity contribution in [3.8, 4) is 0 Å². The van der Waals surface area contributed by atoms with Crippen LogP contribution < -0.4 is 10.2 Å². The van der Waals surface area contributed by atoms with Gasteiger partial charge in [0.2, 0.25) is 5.95 Å². The molecule has 2 N–H and O–H groups in total. The Bertz CT molecular complexity index is 631. The summed E-state index contributed by atoms with van der Waals surface area (Å²) in [7, 11) is 0. The van der Waals surface area contributed by atoms with Crippen LogP contribution in [0.4, 0.5) is 10.7 Å². The summed E-state index contributed by atoms with van der Waals surface area (Å²) in [6, 6.07) is 0.473. The number of H-pyrrole nitrogens is 1. The van der Waals surface area contributed by atoms with Gasteiger partial charge in [-0.05, 0) is 68.1 Å². The number of urea groups is 1. The number of hydrogen-bond acceptors (Lipinski definition) is 4. The molecule has 6 rings (SSSR count). The highest BCUT2D eigenvalue weighted by Crippen LogP contribution is 2.61. The molecule has 2 amide bonds. The third-order valence-electron chi connectivity index (χ3n) is 7.80. The summed E-state index contributed by atoms with van der Waals surface area (Å²) in [5.74, 6) is 3.57. The predicted octanol–water partition coefficient (Wildman–Crippen LogP) is 2.63. The Morgan fingerprint density at radius 2 is 1.81 bits per heavy atom. The number of nitrogens with one attached hydrogen (secondary N) is 2. The van der Waals surface area contributed by atoms with E-state index in [4.69, 9.17) is 0 Å². The highest BCUT2D eigenvalue weighted by molar-refractivity contribution is 5.75. The second kappa shape index (κ2) is 6.67. The van der Waals surface area contributed by atoms with E-state index < -0.39 is 0 Å². The molecular weight excluding hydrogens is 340 g/mol. The van der Waals surface area contributed by atoms with E-state index >= 15 is 0 Å². The van der Waals surface area contributed by atoms with E-state index in [0.29, 0.717) is 11.5 Å². The fourth-order valence-corrected chi connectivity index (χ4v) is 7.01.